The lowest BCUT2D eigenvalue weighted by molar-refractivity contribution is -0.137. The van der Waals surface area contributed by atoms with Crippen LogP contribution in [0.2, 0.25) is 0 Å². The third kappa shape index (κ3) is 3.72. The van der Waals surface area contributed by atoms with Gasteiger partial charge in [0, 0.05) is 12.2 Å². The van der Waals surface area contributed by atoms with Crippen molar-refractivity contribution in [2.45, 2.75) is 57.3 Å². The fourth-order valence-electron chi connectivity index (χ4n) is 2.62. The van der Waals surface area contributed by atoms with Gasteiger partial charge < -0.3 is 5.32 Å². The first-order chi connectivity index (χ1) is 9.00. The van der Waals surface area contributed by atoms with Crippen LogP contribution in [0, 0.1) is 0 Å². The van der Waals surface area contributed by atoms with E-state index in [1.165, 1.54) is 4.68 Å². The summed E-state index contributed by atoms with van der Waals surface area (Å²) < 4.78 is 39.1. The van der Waals surface area contributed by atoms with Gasteiger partial charge in [0.15, 0.2) is 0 Å². The van der Waals surface area contributed by atoms with Crippen molar-refractivity contribution in [3.05, 3.63) is 18.0 Å². The number of nitrogens with zero attached hydrogens (tertiary/aromatic N) is 2. The Morgan fingerprint density at radius 1 is 1.42 bits per heavy atom. The molecule has 3 nitrogen and oxygen atoms in total. The van der Waals surface area contributed by atoms with Crippen LogP contribution in [-0.4, -0.2) is 22.4 Å². The van der Waals surface area contributed by atoms with E-state index < -0.39 is 11.7 Å². The van der Waals surface area contributed by atoms with Gasteiger partial charge in [-0.15, -0.1) is 0 Å². The molecule has 19 heavy (non-hydrogen) atoms. The number of aromatic nitrogens is 2. The number of nitrogens with one attached hydrogen (secondary N) is 1. The minimum absolute atomic E-state index is 0.0826. The van der Waals surface area contributed by atoms with Gasteiger partial charge in [-0.1, -0.05) is 6.92 Å². The maximum Gasteiger partial charge on any atom is 0.419 e. The summed E-state index contributed by atoms with van der Waals surface area (Å²) in [5, 5.41) is 7.33. The molecule has 1 aromatic rings. The summed E-state index contributed by atoms with van der Waals surface area (Å²) in [6.45, 7) is 3.07. The molecule has 0 aliphatic heterocycles. The summed E-state index contributed by atoms with van der Waals surface area (Å²) in [6, 6.07) is 0.483. The Hall–Kier alpha value is -1.04. The van der Waals surface area contributed by atoms with Crippen LogP contribution in [0.15, 0.2) is 12.4 Å². The smallest absolute Gasteiger partial charge is 0.314 e. The molecule has 1 fully saturated rings. The van der Waals surface area contributed by atoms with E-state index in [9.17, 15) is 13.2 Å². The molecule has 6 heteroatoms. The third-order valence-corrected chi connectivity index (χ3v) is 3.63. The van der Waals surface area contributed by atoms with E-state index >= 15 is 0 Å². The molecule has 1 N–H and O–H groups in total. The van der Waals surface area contributed by atoms with Crippen LogP contribution in [0.1, 0.15) is 50.6 Å². The SMILES string of the molecule is CCCNC1CCCC(n2cc(C(F)(F)F)cn2)C1. The summed E-state index contributed by atoms with van der Waals surface area (Å²) in [7, 11) is 0. The van der Waals surface area contributed by atoms with Gasteiger partial charge >= 0.3 is 6.18 Å². The second-order valence-corrected chi connectivity index (χ2v) is 5.18. The van der Waals surface area contributed by atoms with E-state index in [0.717, 1.165) is 51.0 Å². The fourth-order valence-corrected chi connectivity index (χ4v) is 2.62. The highest BCUT2D eigenvalue weighted by Crippen LogP contribution is 2.32. The molecule has 1 heterocycles. The molecule has 0 radical (unpaired) electrons. The summed E-state index contributed by atoms with van der Waals surface area (Å²) in [5.41, 5.74) is -0.656. The molecule has 0 saturated heterocycles. The lowest BCUT2D eigenvalue weighted by Gasteiger charge is -2.30. The summed E-state index contributed by atoms with van der Waals surface area (Å²) in [6.07, 6.45) is 2.73. The molecule has 0 bridgehead atoms. The number of rotatable bonds is 4. The lowest BCUT2D eigenvalue weighted by Crippen LogP contribution is -2.35. The van der Waals surface area contributed by atoms with Gasteiger partial charge in [-0.25, -0.2) is 0 Å². The Bertz CT molecular complexity index is 400. The van der Waals surface area contributed by atoms with Gasteiger partial charge in [-0.2, -0.15) is 18.3 Å². The Labute approximate surface area is 111 Å². The molecular weight excluding hydrogens is 255 g/mol. The first kappa shape index (κ1) is 14.4. The Kier molecular flexibility index (Phi) is 4.50. The zero-order valence-corrected chi connectivity index (χ0v) is 11.1. The Morgan fingerprint density at radius 2 is 2.21 bits per heavy atom. The molecular formula is C13H20F3N3. The highest BCUT2D eigenvalue weighted by molar-refractivity contribution is 5.09. The molecule has 0 spiro atoms. The van der Waals surface area contributed by atoms with Crippen molar-refractivity contribution in [2.75, 3.05) is 6.54 Å². The van der Waals surface area contributed by atoms with Crippen molar-refractivity contribution < 1.29 is 13.2 Å². The highest BCUT2D eigenvalue weighted by atomic mass is 19.4. The van der Waals surface area contributed by atoms with Crippen LogP contribution in [0.4, 0.5) is 13.2 Å². The molecule has 108 valence electrons. The quantitative estimate of drug-likeness (QED) is 0.913. The predicted octanol–water partition coefficient (Wildman–Crippen LogP) is 3.39. The van der Waals surface area contributed by atoms with Gasteiger partial charge in [0.05, 0.1) is 17.8 Å². The number of hydrogen-bond acceptors (Lipinski definition) is 2. The van der Waals surface area contributed by atoms with Crippen LogP contribution in [0.25, 0.3) is 0 Å². The normalized spacial score (nSPS) is 24.6. The molecule has 1 aromatic heterocycles. The van der Waals surface area contributed by atoms with E-state index in [-0.39, 0.29) is 6.04 Å². The van der Waals surface area contributed by atoms with Crippen molar-refractivity contribution in [1.82, 2.24) is 15.1 Å². The number of alkyl halides is 3. The van der Waals surface area contributed by atoms with Gasteiger partial charge in [0.1, 0.15) is 0 Å². The molecule has 1 aliphatic rings. The lowest BCUT2D eigenvalue weighted by atomic mass is 9.91. The van der Waals surface area contributed by atoms with E-state index in [4.69, 9.17) is 0 Å². The largest absolute Gasteiger partial charge is 0.419 e. The van der Waals surface area contributed by atoms with Gasteiger partial charge in [0.2, 0.25) is 0 Å². The molecule has 2 rings (SSSR count). The van der Waals surface area contributed by atoms with Crippen LogP contribution in [0.3, 0.4) is 0 Å². The van der Waals surface area contributed by atoms with Crippen LogP contribution < -0.4 is 5.32 Å². The average molecular weight is 275 g/mol. The molecule has 1 aliphatic carbocycles. The molecule has 0 amide bonds. The minimum atomic E-state index is -4.30. The zero-order chi connectivity index (χ0) is 13.9. The van der Waals surface area contributed by atoms with E-state index in [2.05, 4.69) is 17.3 Å². The van der Waals surface area contributed by atoms with Crippen molar-refractivity contribution in [3.8, 4) is 0 Å². The molecule has 0 aromatic carbocycles. The van der Waals surface area contributed by atoms with E-state index in [1.54, 1.807) is 0 Å². The van der Waals surface area contributed by atoms with Crippen molar-refractivity contribution in [2.24, 2.45) is 0 Å². The van der Waals surface area contributed by atoms with Crippen molar-refractivity contribution in [3.63, 3.8) is 0 Å². The topological polar surface area (TPSA) is 29.9 Å². The van der Waals surface area contributed by atoms with E-state index in [1.807, 2.05) is 0 Å². The van der Waals surface area contributed by atoms with Crippen molar-refractivity contribution in [1.29, 1.82) is 0 Å². The Balaban J connectivity index is 1.99. The second-order valence-electron chi connectivity index (χ2n) is 5.18. The minimum Gasteiger partial charge on any atom is -0.314 e. The number of halogens is 3. The molecule has 1 saturated carbocycles. The molecule has 2 atom stereocenters. The average Bonchev–Trinajstić information content (AvgIpc) is 2.86. The number of hydrogen-bond donors (Lipinski definition) is 1. The fraction of sp³-hybridized carbons (Fsp3) is 0.769. The summed E-state index contributed by atoms with van der Waals surface area (Å²) >= 11 is 0. The standard InChI is InChI=1S/C13H20F3N3/c1-2-6-17-11-4-3-5-12(7-11)19-9-10(8-18-19)13(14,15)16/h8-9,11-12,17H,2-7H2,1H3. The van der Waals surface area contributed by atoms with Crippen molar-refractivity contribution >= 4 is 0 Å². The van der Waals surface area contributed by atoms with Crippen LogP contribution in [-0.2, 0) is 6.18 Å². The maximum absolute atomic E-state index is 12.5. The van der Waals surface area contributed by atoms with Crippen LogP contribution in [0.5, 0.6) is 0 Å². The van der Waals surface area contributed by atoms with Gasteiger partial charge in [-0.05, 0) is 38.6 Å². The summed E-state index contributed by atoms with van der Waals surface area (Å²) in [5.74, 6) is 0. The van der Waals surface area contributed by atoms with Gasteiger partial charge in [-0.3, -0.25) is 4.68 Å². The first-order valence-corrected chi connectivity index (χ1v) is 6.85. The highest BCUT2D eigenvalue weighted by Gasteiger charge is 2.33. The third-order valence-electron chi connectivity index (χ3n) is 3.63. The Morgan fingerprint density at radius 3 is 2.84 bits per heavy atom. The zero-order valence-electron chi connectivity index (χ0n) is 11.1. The maximum atomic E-state index is 12.5. The van der Waals surface area contributed by atoms with E-state index in [0.29, 0.717) is 6.04 Å². The molecule has 2 unspecified atom stereocenters. The van der Waals surface area contributed by atoms with Gasteiger partial charge in [0.25, 0.3) is 0 Å². The second kappa shape index (κ2) is 5.94. The first-order valence-electron chi connectivity index (χ1n) is 6.85. The monoisotopic (exact) mass is 275 g/mol. The predicted molar refractivity (Wildman–Crippen MR) is 66.8 cm³/mol. The van der Waals surface area contributed by atoms with Crippen LogP contribution >= 0.6 is 0 Å². The summed E-state index contributed by atoms with van der Waals surface area (Å²) in [4.78, 5) is 0.